The van der Waals surface area contributed by atoms with Crippen LogP contribution in [0.4, 0.5) is 17.1 Å². The molecule has 1 rings (SSSR count). The van der Waals surface area contributed by atoms with Crippen LogP contribution in [-0.4, -0.2) is 31.1 Å². The first-order chi connectivity index (χ1) is 8.00. The SMILES string of the molecule is CC(C)N(C)CCCNc1ccc(N)c(N)c1. The second-order valence-corrected chi connectivity index (χ2v) is 4.70. The summed E-state index contributed by atoms with van der Waals surface area (Å²) in [4.78, 5) is 2.33. The van der Waals surface area contributed by atoms with Gasteiger partial charge >= 0.3 is 0 Å². The predicted molar refractivity (Wildman–Crippen MR) is 76.1 cm³/mol. The highest BCUT2D eigenvalue weighted by molar-refractivity contribution is 5.69. The summed E-state index contributed by atoms with van der Waals surface area (Å²) in [7, 11) is 2.14. The maximum absolute atomic E-state index is 5.74. The van der Waals surface area contributed by atoms with Crippen molar-refractivity contribution in [2.24, 2.45) is 0 Å². The quantitative estimate of drug-likeness (QED) is 0.522. The molecule has 1 aromatic rings. The van der Waals surface area contributed by atoms with E-state index in [1.54, 1.807) is 0 Å². The van der Waals surface area contributed by atoms with E-state index in [9.17, 15) is 0 Å². The first-order valence-electron chi connectivity index (χ1n) is 6.10. The first kappa shape index (κ1) is 13.6. The van der Waals surface area contributed by atoms with Gasteiger partial charge in [-0.1, -0.05) is 0 Å². The Labute approximate surface area is 104 Å². The summed E-state index contributed by atoms with van der Waals surface area (Å²) in [5.74, 6) is 0. The van der Waals surface area contributed by atoms with Gasteiger partial charge in [-0.2, -0.15) is 0 Å². The molecule has 0 aliphatic rings. The smallest absolute Gasteiger partial charge is 0.0568 e. The van der Waals surface area contributed by atoms with Crippen molar-refractivity contribution in [2.45, 2.75) is 26.3 Å². The third kappa shape index (κ3) is 4.53. The van der Waals surface area contributed by atoms with Gasteiger partial charge in [0, 0.05) is 18.3 Å². The summed E-state index contributed by atoms with van der Waals surface area (Å²) in [6.45, 7) is 6.44. The number of nitrogens with one attached hydrogen (secondary N) is 1. The summed E-state index contributed by atoms with van der Waals surface area (Å²) in [6, 6.07) is 6.26. The summed E-state index contributed by atoms with van der Waals surface area (Å²) in [5, 5.41) is 3.34. The number of anilines is 3. The molecule has 0 aliphatic carbocycles. The van der Waals surface area contributed by atoms with E-state index in [0.717, 1.165) is 25.2 Å². The summed E-state index contributed by atoms with van der Waals surface area (Å²) < 4.78 is 0. The Hall–Kier alpha value is -1.42. The molecule has 0 heterocycles. The van der Waals surface area contributed by atoms with Gasteiger partial charge in [0.2, 0.25) is 0 Å². The Morgan fingerprint density at radius 2 is 1.94 bits per heavy atom. The fourth-order valence-electron chi connectivity index (χ4n) is 1.50. The van der Waals surface area contributed by atoms with Crippen molar-refractivity contribution < 1.29 is 0 Å². The van der Waals surface area contributed by atoms with Crippen LogP contribution >= 0.6 is 0 Å². The third-order valence-electron chi connectivity index (χ3n) is 2.99. The molecule has 4 heteroatoms. The van der Waals surface area contributed by atoms with Crippen molar-refractivity contribution >= 4 is 17.1 Å². The van der Waals surface area contributed by atoms with Crippen molar-refractivity contribution in [1.82, 2.24) is 4.90 Å². The molecule has 17 heavy (non-hydrogen) atoms. The van der Waals surface area contributed by atoms with Crippen LogP contribution in [-0.2, 0) is 0 Å². The van der Waals surface area contributed by atoms with Gasteiger partial charge in [-0.05, 0) is 52.1 Å². The van der Waals surface area contributed by atoms with Gasteiger partial charge in [0.15, 0.2) is 0 Å². The van der Waals surface area contributed by atoms with E-state index in [1.165, 1.54) is 0 Å². The van der Waals surface area contributed by atoms with Crippen molar-refractivity contribution in [3.05, 3.63) is 18.2 Å². The lowest BCUT2D eigenvalue weighted by molar-refractivity contribution is 0.273. The number of benzene rings is 1. The maximum Gasteiger partial charge on any atom is 0.0568 e. The minimum atomic E-state index is 0.599. The highest BCUT2D eigenvalue weighted by atomic mass is 15.1. The molecule has 1 aromatic carbocycles. The van der Waals surface area contributed by atoms with Gasteiger partial charge in [0.1, 0.15) is 0 Å². The molecule has 0 bridgehead atoms. The molecule has 4 nitrogen and oxygen atoms in total. The number of hydrogen-bond donors (Lipinski definition) is 3. The molecule has 0 spiro atoms. The number of nitrogen functional groups attached to an aromatic ring is 2. The van der Waals surface area contributed by atoms with Gasteiger partial charge in [0.05, 0.1) is 11.4 Å². The van der Waals surface area contributed by atoms with E-state index in [4.69, 9.17) is 11.5 Å². The van der Waals surface area contributed by atoms with Gasteiger partial charge in [-0.25, -0.2) is 0 Å². The molecular weight excluding hydrogens is 212 g/mol. The van der Waals surface area contributed by atoms with Gasteiger partial charge in [0.25, 0.3) is 0 Å². The van der Waals surface area contributed by atoms with Crippen LogP contribution in [0.1, 0.15) is 20.3 Å². The molecule has 0 atom stereocenters. The molecule has 0 amide bonds. The molecule has 0 unspecified atom stereocenters. The van der Waals surface area contributed by atoms with Gasteiger partial charge < -0.3 is 21.7 Å². The van der Waals surface area contributed by atoms with E-state index in [1.807, 2.05) is 18.2 Å². The van der Waals surface area contributed by atoms with Gasteiger partial charge in [-0.3, -0.25) is 0 Å². The molecule has 0 saturated heterocycles. The van der Waals surface area contributed by atoms with Crippen LogP contribution in [0, 0.1) is 0 Å². The zero-order valence-corrected chi connectivity index (χ0v) is 11.0. The minimum Gasteiger partial charge on any atom is -0.397 e. The monoisotopic (exact) mass is 236 g/mol. The molecule has 0 aromatic heterocycles. The highest BCUT2D eigenvalue weighted by Gasteiger charge is 2.02. The highest BCUT2D eigenvalue weighted by Crippen LogP contribution is 2.19. The zero-order valence-electron chi connectivity index (χ0n) is 11.0. The molecule has 5 N–H and O–H groups in total. The Balaban J connectivity index is 2.29. The molecule has 96 valence electrons. The lowest BCUT2D eigenvalue weighted by Gasteiger charge is -2.20. The van der Waals surface area contributed by atoms with Crippen molar-refractivity contribution in [1.29, 1.82) is 0 Å². The van der Waals surface area contributed by atoms with Crippen LogP contribution in [0.25, 0.3) is 0 Å². The largest absolute Gasteiger partial charge is 0.397 e. The predicted octanol–water partition coefficient (Wildman–Crippen LogP) is 1.99. The van der Waals surface area contributed by atoms with Gasteiger partial charge in [-0.15, -0.1) is 0 Å². The normalized spacial score (nSPS) is 11.1. The maximum atomic E-state index is 5.74. The van der Waals surface area contributed by atoms with Crippen molar-refractivity contribution in [2.75, 3.05) is 36.9 Å². The number of rotatable bonds is 6. The van der Waals surface area contributed by atoms with Crippen molar-refractivity contribution in [3.8, 4) is 0 Å². The van der Waals surface area contributed by atoms with E-state index in [-0.39, 0.29) is 0 Å². The first-order valence-corrected chi connectivity index (χ1v) is 6.10. The van der Waals surface area contributed by atoms with Crippen LogP contribution in [0.5, 0.6) is 0 Å². The van der Waals surface area contributed by atoms with E-state index in [2.05, 4.69) is 31.1 Å². The fraction of sp³-hybridized carbons (Fsp3) is 0.538. The van der Waals surface area contributed by atoms with E-state index >= 15 is 0 Å². The Bertz CT molecular complexity index is 349. The molecule has 0 saturated carbocycles. The number of nitrogens with zero attached hydrogens (tertiary/aromatic N) is 1. The standard InChI is InChI=1S/C13H24N4/c1-10(2)17(3)8-4-7-16-11-5-6-12(14)13(15)9-11/h5-6,9-10,16H,4,7-8,14-15H2,1-3H3. The summed E-state index contributed by atoms with van der Waals surface area (Å²) >= 11 is 0. The Morgan fingerprint density at radius 1 is 1.24 bits per heavy atom. The lowest BCUT2D eigenvalue weighted by Crippen LogP contribution is -2.28. The second-order valence-electron chi connectivity index (χ2n) is 4.70. The molecule has 0 aliphatic heterocycles. The lowest BCUT2D eigenvalue weighted by atomic mass is 10.2. The van der Waals surface area contributed by atoms with Crippen LogP contribution in [0.2, 0.25) is 0 Å². The molecular formula is C13H24N4. The fourth-order valence-corrected chi connectivity index (χ4v) is 1.50. The molecule has 0 radical (unpaired) electrons. The number of hydrogen-bond acceptors (Lipinski definition) is 4. The average molecular weight is 236 g/mol. The Kier molecular flexibility index (Phi) is 5.10. The molecule has 0 fully saturated rings. The summed E-state index contributed by atoms with van der Waals surface area (Å²) in [6.07, 6.45) is 1.11. The number of nitrogens with two attached hydrogens (primary N) is 2. The summed E-state index contributed by atoms with van der Waals surface area (Å²) in [5.41, 5.74) is 13.7. The van der Waals surface area contributed by atoms with E-state index < -0.39 is 0 Å². The Morgan fingerprint density at radius 3 is 2.53 bits per heavy atom. The van der Waals surface area contributed by atoms with Crippen LogP contribution < -0.4 is 16.8 Å². The third-order valence-corrected chi connectivity index (χ3v) is 2.99. The zero-order chi connectivity index (χ0) is 12.8. The second kappa shape index (κ2) is 6.35. The topological polar surface area (TPSA) is 67.3 Å². The van der Waals surface area contributed by atoms with E-state index in [0.29, 0.717) is 17.4 Å². The van der Waals surface area contributed by atoms with Crippen molar-refractivity contribution in [3.63, 3.8) is 0 Å². The van der Waals surface area contributed by atoms with Crippen LogP contribution in [0.3, 0.4) is 0 Å². The van der Waals surface area contributed by atoms with Crippen LogP contribution in [0.15, 0.2) is 18.2 Å². The minimum absolute atomic E-state index is 0.599. The average Bonchev–Trinajstić information content (AvgIpc) is 2.28.